The maximum Gasteiger partial charge on any atom is 0.314 e. The van der Waals surface area contributed by atoms with Gasteiger partial charge in [0.1, 0.15) is 11.5 Å². The molecule has 0 aromatic rings. The minimum Gasteiger partial charge on any atom is -0.481 e. The number of rotatable bonds is 7. The van der Waals surface area contributed by atoms with Crippen LogP contribution in [-0.2, 0) is 9.59 Å². The highest BCUT2D eigenvalue weighted by Gasteiger charge is 2.11. The first kappa shape index (κ1) is 12.8. The molecule has 0 fully saturated rings. The van der Waals surface area contributed by atoms with Gasteiger partial charge in [-0.2, -0.15) is 0 Å². The van der Waals surface area contributed by atoms with Gasteiger partial charge in [-0.25, -0.2) is 0 Å². The van der Waals surface area contributed by atoms with Crippen molar-refractivity contribution in [2.24, 2.45) is 5.73 Å². The third kappa shape index (κ3) is 6.92. The van der Waals surface area contributed by atoms with E-state index in [0.717, 1.165) is 0 Å². The summed E-state index contributed by atoms with van der Waals surface area (Å²) in [4.78, 5) is 21.1. The number of carbonyl (C=O) groups is 2. The summed E-state index contributed by atoms with van der Waals surface area (Å²) in [6.07, 6.45) is 0.436. The standard InChI is InChI=1S/C7H13NO3S2/c1-2-6(9)5(8)3-12-13-4-7(10)11/h5H,2-4,8H2,1H3,(H,10,11). The van der Waals surface area contributed by atoms with E-state index in [4.69, 9.17) is 10.8 Å². The molecule has 0 saturated heterocycles. The second-order valence-corrected chi connectivity index (χ2v) is 4.87. The number of carboxylic acids is 1. The zero-order valence-corrected chi connectivity index (χ0v) is 8.99. The molecule has 0 aliphatic heterocycles. The number of hydrogen-bond acceptors (Lipinski definition) is 5. The smallest absolute Gasteiger partial charge is 0.314 e. The average Bonchev–Trinajstić information content (AvgIpc) is 2.10. The molecule has 0 aromatic heterocycles. The van der Waals surface area contributed by atoms with Crippen LogP contribution in [0.5, 0.6) is 0 Å². The summed E-state index contributed by atoms with van der Waals surface area (Å²) in [7, 11) is 2.53. The van der Waals surface area contributed by atoms with Crippen LogP contribution < -0.4 is 5.73 Å². The van der Waals surface area contributed by atoms with E-state index in [1.54, 1.807) is 6.92 Å². The minimum atomic E-state index is -0.854. The van der Waals surface area contributed by atoms with Gasteiger partial charge in [-0.15, -0.1) is 0 Å². The number of ketones is 1. The molecule has 0 aliphatic carbocycles. The van der Waals surface area contributed by atoms with E-state index in [2.05, 4.69) is 0 Å². The van der Waals surface area contributed by atoms with Crippen molar-refractivity contribution in [1.82, 2.24) is 0 Å². The molecular weight excluding hydrogens is 210 g/mol. The quantitative estimate of drug-likeness (QED) is 0.490. The summed E-state index contributed by atoms with van der Waals surface area (Å²) in [6.45, 7) is 1.76. The predicted molar refractivity (Wildman–Crippen MR) is 55.8 cm³/mol. The van der Waals surface area contributed by atoms with Crippen LogP contribution in [0.1, 0.15) is 13.3 Å². The first-order chi connectivity index (χ1) is 6.07. The van der Waals surface area contributed by atoms with E-state index in [9.17, 15) is 9.59 Å². The highest BCUT2D eigenvalue weighted by Crippen LogP contribution is 2.21. The van der Waals surface area contributed by atoms with E-state index in [-0.39, 0.29) is 11.5 Å². The van der Waals surface area contributed by atoms with Crippen LogP contribution in [0.15, 0.2) is 0 Å². The zero-order chi connectivity index (χ0) is 10.3. The summed E-state index contributed by atoms with van der Waals surface area (Å²) in [5.41, 5.74) is 5.51. The minimum absolute atomic E-state index is 0.0171. The van der Waals surface area contributed by atoms with E-state index in [1.165, 1.54) is 21.6 Å². The lowest BCUT2D eigenvalue weighted by Crippen LogP contribution is -2.32. The molecule has 0 spiro atoms. The number of aliphatic carboxylic acids is 1. The van der Waals surface area contributed by atoms with Crippen LogP contribution in [-0.4, -0.2) is 34.4 Å². The first-order valence-electron chi connectivity index (χ1n) is 3.82. The number of hydrogen-bond donors (Lipinski definition) is 2. The van der Waals surface area contributed by atoms with Gasteiger partial charge in [-0.1, -0.05) is 28.5 Å². The van der Waals surface area contributed by atoms with Crippen molar-refractivity contribution in [3.05, 3.63) is 0 Å². The van der Waals surface area contributed by atoms with Gasteiger partial charge in [0.05, 0.1) is 6.04 Å². The van der Waals surface area contributed by atoms with Gasteiger partial charge < -0.3 is 10.8 Å². The highest BCUT2D eigenvalue weighted by atomic mass is 33.1. The van der Waals surface area contributed by atoms with Gasteiger partial charge in [-0.3, -0.25) is 9.59 Å². The largest absolute Gasteiger partial charge is 0.481 e. The van der Waals surface area contributed by atoms with E-state index in [1.807, 2.05) is 0 Å². The molecule has 0 amide bonds. The molecule has 0 bridgehead atoms. The van der Waals surface area contributed by atoms with Crippen molar-refractivity contribution < 1.29 is 14.7 Å². The fraction of sp³-hybridized carbons (Fsp3) is 0.714. The van der Waals surface area contributed by atoms with Gasteiger partial charge in [0, 0.05) is 12.2 Å². The van der Waals surface area contributed by atoms with Crippen LogP contribution in [0, 0.1) is 0 Å². The van der Waals surface area contributed by atoms with Crippen LogP contribution in [0.4, 0.5) is 0 Å². The maximum atomic E-state index is 11.0. The Kier molecular flexibility index (Phi) is 7.12. The predicted octanol–water partition coefficient (Wildman–Crippen LogP) is 0.759. The molecule has 6 heteroatoms. The van der Waals surface area contributed by atoms with Crippen molar-refractivity contribution in [2.45, 2.75) is 19.4 Å². The van der Waals surface area contributed by atoms with Crippen molar-refractivity contribution in [2.75, 3.05) is 11.5 Å². The fourth-order valence-corrected chi connectivity index (χ4v) is 2.46. The van der Waals surface area contributed by atoms with Crippen LogP contribution in [0.2, 0.25) is 0 Å². The Morgan fingerprint density at radius 1 is 1.46 bits per heavy atom. The van der Waals surface area contributed by atoms with Crippen molar-refractivity contribution >= 4 is 33.3 Å². The van der Waals surface area contributed by atoms with Crippen molar-refractivity contribution in [3.8, 4) is 0 Å². The van der Waals surface area contributed by atoms with Gasteiger partial charge in [0.15, 0.2) is 0 Å². The van der Waals surface area contributed by atoms with Crippen LogP contribution in [0.25, 0.3) is 0 Å². The van der Waals surface area contributed by atoms with Gasteiger partial charge in [0.25, 0.3) is 0 Å². The lowest BCUT2D eigenvalue weighted by Gasteiger charge is -2.06. The third-order valence-electron chi connectivity index (χ3n) is 1.28. The van der Waals surface area contributed by atoms with E-state index in [0.29, 0.717) is 12.2 Å². The van der Waals surface area contributed by atoms with Crippen molar-refractivity contribution in [1.29, 1.82) is 0 Å². The van der Waals surface area contributed by atoms with Crippen molar-refractivity contribution in [3.63, 3.8) is 0 Å². The van der Waals surface area contributed by atoms with E-state index < -0.39 is 12.0 Å². The topological polar surface area (TPSA) is 80.4 Å². The van der Waals surface area contributed by atoms with Gasteiger partial charge in [-0.05, 0) is 0 Å². The number of carboxylic acid groups (broad SMARTS) is 1. The molecule has 0 radical (unpaired) electrons. The number of carbonyl (C=O) groups excluding carboxylic acids is 1. The molecular formula is C7H13NO3S2. The zero-order valence-electron chi connectivity index (χ0n) is 7.36. The summed E-state index contributed by atoms with van der Waals surface area (Å²) >= 11 is 0. The molecule has 0 saturated carbocycles. The molecule has 13 heavy (non-hydrogen) atoms. The first-order valence-corrected chi connectivity index (χ1v) is 6.31. The molecule has 1 atom stereocenters. The normalized spacial score (nSPS) is 12.5. The molecule has 0 aliphatic rings. The lowest BCUT2D eigenvalue weighted by molar-refractivity contribution is -0.133. The molecule has 4 nitrogen and oxygen atoms in total. The van der Waals surface area contributed by atoms with Crippen LogP contribution in [0.3, 0.4) is 0 Å². The molecule has 0 aromatic carbocycles. The Morgan fingerprint density at radius 3 is 2.54 bits per heavy atom. The summed E-state index contributed by atoms with van der Waals surface area (Å²) in [5, 5.41) is 8.30. The third-order valence-corrected chi connectivity index (χ3v) is 3.56. The Balaban J connectivity index is 3.42. The maximum absolute atomic E-state index is 11.0. The molecule has 1 unspecified atom stereocenters. The number of nitrogens with two attached hydrogens (primary N) is 1. The number of Topliss-reactive ketones (excluding diaryl/α,β-unsaturated/α-hetero) is 1. The molecule has 76 valence electrons. The lowest BCUT2D eigenvalue weighted by atomic mass is 10.2. The summed E-state index contributed by atoms with van der Waals surface area (Å²) in [5.74, 6) is -0.321. The Morgan fingerprint density at radius 2 is 2.08 bits per heavy atom. The monoisotopic (exact) mass is 223 g/mol. The second kappa shape index (κ2) is 7.23. The summed E-state index contributed by atoms with van der Waals surface area (Å²) < 4.78 is 0. The van der Waals surface area contributed by atoms with Crippen LogP contribution >= 0.6 is 21.6 Å². The second-order valence-electron chi connectivity index (χ2n) is 2.37. The average molecular weight is 223 g/mol. The molecule has 0 heterocycles. The van der Waals surface area contributed by atoms with Gasteiger partial charge >= 0.3 is 5.97 Å². The SMILES string of the molecule is CCC(=O)C(N)CSSCC(=O)O. The molecule has 0 rings (SSSR count). The Bertz CT molecular complexity index is 187. The Hall–Kier alpha value is -0.200. The highest BCUT2D eigenvalue weighted by molar-refractivity contribution is 8.76. The van der Waals surface area contributed by atoms with E-state index >= 15 is 0 Å². The Labute approximate surface area is 85.0 Å². The summed E-state index contributed by atoms with van der Waals surface area (Å²) in [6, 6.07) is -0.462. The van der Waals surface area contributed by atoms with Gasteiger partial charge in [0.2, 0.25) is 0 Å². The fourth-order valence-electron chi connectivity index (χ4n) is 0.569. The molecule has 3 N–H and O–H groups in total.